The van der Waals surface area contributed by atoms with E-state index in [9.17, 15) is 9.18 Å². The number of nitrogens with one attached hydrogen (secondary N) is 1. The fourth-order valence-corrected chi connectivity index (χ4v) is 4.00. The van der Waals surface area contributed by atoms with E-state index in [1.807, 2.05) is 36.7 Å². The molecule has 31 heavy (non-hydrogen) atoms. The summed E-state index contributed by atoms with van der Waals surface area (Å²) in [4.78, 5) is 12.6. The molecule has 0 aliphatic heterocycles. The number of amides is 1. The number of hydrogen-bond donors (Lipinski definition) is 1. The van der Waals surface area contributed by atoms with Crippen LogP contribution in [0.5, 0.6) is 5.75 Å². The molecule has 1 heterocycles. The Morgan fingerprint density at radius 1 is 1.13 bits per heavy atom. The van der Waals surface area contributed by atoms with Crippen LogP contribution in [0.3, 0.4) is 0 Å². The van der Waals surface area contributed by atoms with Gasteiger partial charge in [0.1, 0.15) is 11.6 Å². The number of hydrogen-bond acceptors (Lipinski definition) is 5. The predicted octanol–water partition coefficient (Wildman–Crippen LogP) is 4.95. The van der Waals surface area contributed by atoms with Crippen LogP contribution >= 0.6 is 11.8 Å². The number of aryl methyl sites for hydroxylation is 2. The second kappa shape index (κ2) is 10.4. The maximum Gasteiger partial charge on any atom is 0.234 e. The molecule has 0 saturated carbocycles. The number of benzene rings is 2. The van der Waals surface area contributed by atoms with Gasteiger partial charge < -0.3 is 14.6 Å². The Morgan fingerprint density at radius 3 is 2.39 bits per heavy atom. The quantitative estimate of drug-likeness (QED) is 0.475. The highest BCUT2D eigenvalue weighted by Gasteiger charge is 2.18. The van der Waals surface area contributed by atoms with Crippen molar-refractivity contribution in [1.29, 1.82) is 0 Å². The molecular formula is C23H27FN4O2S. The van der Waals surface area contributed by atoms with E-state index in [4.69, 9.17) is 4.74 Å². The van der Waals surface area contributed by atoms with E-state index in [1.165, 1.54) is 23.9 Å². The van der Waals surface area contributed by atoms with Crippen LogP contribution in [0.25, 0.3) is 0 Å². The summed E-state index contributed by atoms with van der Waals surface area (Å²) in [5.41, 5.74) is 3.17. The third kappa shape index (κ3) is 5.64. The van der Waals surface area contributed by atoms with Crippen molar-refractivity contribution in [3.05, 3.63) is 65.2 Å². The molecule has 1 atom stereocenters. The van der Waals surface area contributed by atoms with E-state index < -0.39 is 0 Å². The van der Waals surface area contributed by atoms with Gasteiger partial charge in [0.25, 0.3) is 0 Å². The van der Waals surface area contributed by atoms with Crippen LogP contribution in [0.1, 0.15) is 43.8 Å². The van der Waals surface area contributed by atoms with E-state index in [-0.39, 0.29) is 23.6 Å². The second-order valence-electron chi connectivity index (χ2n) is 7.11. The van der Waals surface area contributed by atoms with Crippen molar-refractivity contribution in [3.8, 4) is 5.75 Å². The molecule has 3 aromatic rings. The van der Waals surface area contributed by atoms with Crippen LogP contribution in [-0.2, 0) is 24.7 Å². The molecule has 0 fully saturated rings. The van der Waals surface area contributed by atoms with Gasteiger partial charge in [-0.05, 0) is 55.2 Å². The number of nitrogens with zero attached hydrogens (tertiary/aromatic N) is 3. The summed E-state index contributed by atoms with van der Waals surface area (Å²) in [6.07, 6.45) is 1.33. The fourth-order valence-electron chi connectivity index (χ4n) is 3.28. The second-order valence-corrected chi connectivity index (χ2v) is 8.05. The molecule has 1 aromatic heterocycles. The van der Waals surface area contributed by atoms with E-state index in [2.05, 4.69) is 29.4 Å². The van der Waals surface area contributed by atoms with Gasteiger partial charge in [0, 0.05) is 12.7 Å². The zero-order valence-corrected chi connectivity index (χ0v) is 19.0. The van der Waals surface area contributed by atoms with E-state index in [1.54, 1.807) is 12.1 Å². The SMILES string of the molecule is CCc1cccc(CC)c1NC(=O)CSc1nnc(C(C)Oc2ccc(F)cc2)n1C. The molecule has 0 spiro atoms. The summed E-state index contributed by atoms with van der Waals surface area (Å²) < 4.78 is 20.7. The van der Waals surface area contributed by atoms with Crippen LogP contribution in [0.15, 0.2) is 47.6 Å². The van der Waals surface area contributed by atoms with Crippen molar-refractivity contribution in [1.82, 2.24) is 14.8 Å². The first-order chi connectivity index (χ1) is 14.9. The number of para-hydroxylation sites is 1. The zero-order chi connectivity index (χ0) is 22.4. The molecule has 6 nitrogen and oxygen atoms in total. The lowest BCUT2D eigenvalue weighted by Crippen LogP contribution is -2.17. The van der Waals surface area contributed by atoms with Crippen molar-refractivity contribution in [3.63, 3.8) is 0 Å². The maximum atomic E-state index is 13.1. The first kappa shape index (κ1) is 22.8. The van der Waals surface area contributed by atoms with Gasteiger partial charge in [-0.3, -0.25) is 4.79 Å². The molecule has 1 unspecified atom stereocenters. The first-order valence-electron chi connectivity index (χ1n) is 10.3. The number of rotatable bonds is 9. The number of thioether (sulfide) groups is 1. The van der Waals surface area contributed by atoms with Gasteiger partial charge >= 0.3 is 0 Å². The third-order valence-electron chi connectivity index (χ3n) is 4.95. The summed E-state index contributed by atoms with van der Waals surface area (Å²) in [7, 11) is 1.83. The van der Waals surface area contributed by atoms with Gasteiger partial charge in [-0.15, -0.1) is 10.2 Å². The minimum absolute atomic E-state index is 0.0826. The number of carbonyl (C=O) groups excluding carboxylic acids is 1. The molecule has 164 valence electrons. The predicted molar refractivity (Wildman–Crippen MR) is 121 cm³/mol. The lowest BCUT2D eigenvalue weighted by atomic mass is 10.0. The molecule has 0 radical (unpaired) electrons. The highest BCUT2D eigenvalue weighted by molar-refractivity contribution is 7.99. The Hall–Kier alpha value is -2.87. The summed E-state index contributed by atoms with van der Waals surface area (Å²) in [5.74, 6) is 0.994. The Bertz CT molecular complexity index is 1010. The van der Waals surface area contributed by atoms with Crippen molar-refractivity contribution in [2.24, 2.45) is 7.05 Å². The Kier molecular flexibility index (Phi) is 7.68. The van der Waals surface area contributed by atoms with Gasteiger partial charge in [-0.1, -0.05) is 43.8 Å². The van der Waals surface area contributed by atoms with Crippen LogP contribution in [-0.4, -0.2) is 26.4 Å². The zero-order valence-electron chi connectivity index (χ0n) is 18.2. The van der Waals surface area contributed by atoms with Crippen molar-refractivity contribution in [2.45, 2.75) is 44.9 Å². The normalized spacial score (nSPS) is 11.9. The number of ether oxygens (including phenoxy) is 1. The average Bonchev–Trinajstić information content (AvgIpc) is 3.14. The van der Waals surface area contributed by atoms with Gasteiger partial charge in [0.05, 0.1) is 5.75 Å². The summed E-state index contributed by atoms with van der Waals surface area (Å²) in [6, 6.07) is 11.9. The third-order valence-corrected chi connectivity index (χ3v) is 5.97. The fraction of sp³-hybridized carbons (Fsp3) is 0.348. The molecule has 0 aliphatic carbocycles. The molecule has 0 aliphatic rings. The highest BCUT2D eigenvalue weighted by atomic mass is 32.2. The molecule has 0 bridgehead atoms. The van der Waals surface area contributed by atoms with Crippen LogP contribution < -0.4 is 10.1 Å². The van der Waals surface area contributed by atoms with E-state index in [0.717, 1.165) is 29.7 Å². The van der Waals surface area contributed by atoms with E-state index in [0.29, 0.717) is 16.7 Å². The van der Waals surface area contributed by atoms with Crippen LogP contribution in [0.2, 0.25) is 0 Å². The average molecular weight is 443 g/mol. The first-order valence-corrected chi connectivity index (χ1v) is 11.3. The topological polar surface area (TPSA) is 69.0 Å². The number of aromatic nitrogens is 3. The van der Waals surface area contributed by atoms with Crippen LogP contribution in [0, 0.1) is 5.82 Å². The number of carbonyl (C=O) groups is 1. The summed E-state index contributed by atoms with van der Waals surface area (Å²) in [6.45, 7) is 6.01. The monoisotopic (exact) mass is 442 g/mol. The molecule has 0 saturated heterocycles. The molecule has 1 amide bonds. The highest BCUT2D eigenvalue weighted by Crippen LogP contribution is 2.25. The van der Waals surface area contributed by atoms with Crippen molar-refractivity contribution < 1.29 is 13.9 Å². The Labute approximate surface area is 186 Å². The largest absolute Gasteiger partial charge is 0.483 e. The van der Waals surface area contributed by atoms with Crippen molar-refractivity contribution >= 4 is 23.4 Å². The summed E-state index contributed by atoms with van der Waals surface area (Å²) >= 11 is 1.32. The van der Waals surface area contributed by atoms with Crippen LogP contribution in [0.4, 0.5) is 10.1 Å². The number of anilines is 1. The van der Waals surface area contributed by atoms with Gasteiger partial charge in [0.15, 0.2) is 17.1 Å². The molecule has 1 N–H and O–H groups in total. The number of halogens is 1. The Balaban J connectivity index is 1.62. The lowest BCUT2D eigenvalue weighted by molar-refractivity contribution is -0.113. The van der Waals surface area contributed by atoms with E-state index >= 15 is 0 Å². The minimum Gasteiger partial charge on any atom is -0.483 e. The van der Waals surface area contributed by atoms with Gasteiger partial charge in [0.2, 0.25) is 5.91 Å². The standard InChI is InChI=1S/C23H27FN4O2S/c1-5-16-8-7-9-17(6-2)21(16)25-20(29)14-31-23-27-26-22(28(23)4)15(3)30-19-12-10-18(24)11-13-19/h7-13,15H,5-6,14H2,1-4H3,(H,25,29). The molecule has 8 heteroatoms. The van der Waals surface area contributed by atoms with Gasteiger partial charge in [-0.25, -0.2) is 4.39 Å². The molecule has 3 rings (SSSR count). The maximum absolute atomic E-state index is 13.1. The Morgan fingerprint density at radius 2 is 1.77 bits per heavy atom. The lowest BCUT2D eigenvalue weighted by Gasteiger charge is -2.15. The van der Waals surface area contributed by atoms with Crippen molar-refractivity contribution in [2.75, 3.05) is 11.1 Å². The smallest absolute Gasteiger partial charge is 0.234 e. The van der Waals surface area contributed by atoms with Gasteiger partial charge in [-0.2, -0.15) is 0 Å². The minimum atomic E-state index is -0.380. The molecular weight excluding hydrogens is 415 g/mol. The summed E-state index contributed by atoms with van der Waals surface area (Å²) in [5, 5.41) is 12.1. The molecule has 2 aromatic carbocycles.